The molecule has 9 heteroatoms. The monoisotopic (exact) mass is 610 g/mol. The molecule has 240 valence electrons. The van der Waals surface area contributed by atoms with Crippen LogP contribution in [0.4, 0.5) is 0 Å². The number of esters is 2. The Morgan fingerprint density at radius 3 is 2.41 bits per heavy atom. The molecule has 0 heterocycles. The van der Waals surface area contributed by atoms with Crippen LogP contribution in [-0.4, -0.2) is 71.7 Å². The number of carbonyl (C=O) groups excluding carboxylic acids is 3. The summed E-state index contributed by atoms with van der Waals surface area (Å²) in [6.45, 7) is -0.0365. The fraction of sp³-hybridized carbons (Fsp3) is 0.514. The number of ether oxygens (including phenoxy) is 3. The third kappa shape index (κ3) is 13.0. The lowest BCUT2D eigenvalue weighted by molar-refractivity contribution is -0.147. The molecule has 1 unspecified atom stereocenters. The van der Waals surface area contributed by atoms with Gasteiger partial charge < -0.3 is 29.5 Å². The summed E-state index contributed by atoms with van der Waals surface area (Å²) < 4.78 is 15.6. The number of rotatable bonds is 20. The third-order valence-corrected chi connectivity index (χ3v) is 7.96. The molecule has 0 bridgehead atoms. The number of unbranched alkanes of at least 4 members (excludes halogenated alkanes) is 1. The highest BCUT2D eigenvalue weighted by atomic mass is 16.6. The van der Waals surface area contributed by atoms with Gasteiger partial charge in [-0.05, 0) is 80.9 Å². The molecule has 3 N–H and O–H groups in total. The van der Waals surface area contributed by atoms with Crippen LogP contribution in [0.3, 0.4) is 0 Å². The van der Waals surface area contributed by atoms with Gasteiger partial charge in [-0.2, -0.15) is 0 Å². The van der Waals surface area contributed by atoms with Crippen LogP contribution in [0.2, 0.25) is 0 Å². The Bertz CT molecular complexity index is 1170. The summed E-state index contributed by atoms with van der Waals surface area (Å²) in [5.41, 5.74) is 1.64. The van der Waals surface area contributed by atoms with Gasteiger partial charge >= 0.3 is 11.9 Å². The van der Waals surface area contributed by atoms with Gasteiger partial charge in [0.2, 0.25) is 0 Å². The lowest BCUT2D eigenvalue weighted by Gasteiger charge is -2.23. The number of aliphatic hydroxyl groups is 3. The fourth-order valence-electron chi connectivity index (χ4n) is 5.51. The molecule has 2 aromatic rings. The van der Waals surface area contributed by atoms with Gasteiger partial charge in [0.05, 0.1) is 31.5 Å². The molecule has 0 aliphatic heterocycles. The number of hydrogen-bond acceptors (Lipinski definition) is 9. The van der Waals surface area contributed by atoms with E-state index in [0.29, 0.717) is 69.0 Å². The molecule has 9 nitrogen and oxygen atoms in total. The number of allylic oxidation sites excluding steroid dienone is 2. The molecular formula is C35H46O9. The maximum Gasteiger partial charge on any atom is 0.344 e. The van der Waals surface area contributed by atoms with Crippen LogP contribution in [0.5, 0.6) is 5.75 Å². The van der Waals surface area contributed by atoms with Crippen molar-refractivity contribution in [1.29, 1.82) is 0 Å². The average molecular weight is 611 g/mol. The van der Waals surface area contributed by atoms with Crippen molar-refractivity contribution in [2.24, 2.45) is 11.8 Å². The molecule has 0 aromatic heterocycles. The lowest BCUT2D eigenvalue weighted by Crippen LogP contribution is -2.23. The van der Waals surface area contributed by atoms with E-state index < -0.39 is 24.3 Å². The van der Waals surface area contributed by atoms with Crippen molar-refractivity contribution >= 4 is 18.2 Å². The Morgan fingerprint density at radius 1 is 0.886 bits per heavy atom. The molecule has 1 aliphatic carbocycles. The van der Waals surface area contributed by atoms with Crippen LogP contribution in [0.1, 0.15) is 73.7 Å². The molecule has 0 spiro atoms. The molecule has 5 atom stereocenters. The lowest BCUT2D eigenvalue weighted by atomic mass is 9.85. The van der Waals surface area contributed by atoms with Crippen LogP contribution in [-0.2, 0) is 25.5 Å². The predicted octanol–water partition coefficient (Wildman–Crippen LogP) is 4.60. The Hall–Kier alpha value is -3.53. The van der Waals surface area contributed by atoms with Crippen LogP contribution in [0.15, 0.2) is 66.7 Å². The van der Waals surface area contributed by atoms with Crippen molar-refractivity contribution in [3.05, 3.63) is 77.9 Å². The molecule has 44 heavy (non-hydrogen) atoms. The van der Waals surface area contributed by atoms with E-state index in [9.17, 15) is 29.7 Å². The van der Waals surface area contributed by atoms with Crippen LogP contribution in [0.25, 0.3) is 0 Å². The van der Waals surface area contributed by atoms with Gasteiger partial charge in [0.1, 0.15) is 12.0 Å². The first-order valence-corrected chi connectivity index (χ1v) is 15.6. The van der Waals surface area contributed by atoms with E-state index in [0.717, 1.165) is 6.42 Å². The number of aryl methyl sites for hydroxylation is 1. The fourth-order valence-corrected chi connectivity index (χ4v) is 5.51. The van der Waals surface area contributed by atoms with E-state index in [-0.39, 0.29) is 44.0 Å². The van der Waals surface area contributed by atoms with Crippen molar-refractivity contribution in [2.75, 3.05) is 19.8 Å². The Balaban J connectivity index is 1.21. The van der Waals surface area contributed by atoms with E-state index in [1.165, 1.54) is 11.6 Å². The van der Waals surface area contributed by atoms with Crippen molar-refractivity contribution < 1.29 is 43.9 Å². The number of hydrogen-bond donors (Lipinski definition) is 3. The number of benzene rings is 2. The van der Waals surface area contributed by atoms with Crippen LogP contribution >= 0.6 is 0 Å². The summed E-state index contributed by atoms with van der Waals surface area (Å²) in [4.78, 5) is 34.6. The molecule has 1 saturated carbocycles. The van der Waals surface area contributed by atoms with Crippen molar-refractivity contribution in [3.63, 3.8) is 0 Å². The molecular weight excluding hydrogens is 564 g/mol. The third-order valence-electron chi connectivity index (χ3n) is 7.96. The highest BCUT2D eigenvalue weighted by molar-refractivity contribution is 5.75. The first-order valence-electron chi connectivity index (χ1n) is 15.6. The van der Waals surface area contributed by atoms with Gasteiger partial charge in [-0.25, -0.2) is 4.79 Å². The van der Waals surface area contributed by atoms with E-state index >= 15 is 0 Å². The minimum atomic E-state index is -0.566. The molecule has 1 fully saturated rings. The predicted molar refractivity (Wildman–Crippen MR) is 165 cm³/mol. The average Bonchev–Trinajstić information content (AvgIpc) is 3.30. The van der Waals surface area contributed by atoms with Gasteiger partial charge in [-0.15, -0.1) is 0 Å². The minimum Gasteiger partial charge on any atom is -0.482 e. The van der Waals surface area contributed by atoms with E-state index in [2.05, 4.69) is 12.1 Å². The maximum atomic E-state index is 12.0. The van der Waals surface area contributed by atoms with Crippen molar-refractivity contribution in [2.45, 2.75) is 82.5 Å². The van der Waals surface area contributed by atoms with Crippen LogP contribution in [0, 0.1) is 11.8 Å². The van der Waals surface area contributed by atoms with Gasteiger partial charge in [0.15, 0.2) is 6.61 Å². The first kappa shape index (κ1) is 35.0. The molecule has 3 rings (SSSR count). The Labute approximate surface area is 259 Å². The molecule has 0 saturated heterocycles. The topological polar surface area (TPSA) is 140 Å². The second kappa shape index (κ2) is 19.7. The maximum absolute atomic E-state index is 12.0. The second-order valence-electron chi connectivity index (χ2n) is 11.3. The number of aldehydes is 1. The molecule has 0 radical (unpaired) electrons. The SMILES string of the molecule is O=Cc1cccc(OCC(=O)OCCCOC(=O)CCCC=CC[C@@H]2[C@@H](CCC(O)CCc3ccccc3)[C@H](O)C[C@@H]2O)c1. The normalized spacial score (nSPS) is 20.3. The highest BCUT2D eigenvalue weighted by Gasteiger charge is 2.40. The quantitative estimate of drug-likeness (QED) is 0.0849. The van der Waals surface area contributed by atoms with Crippen molar-refractivity contribution in [3.8, 4) is 5.75 Å². The smallest absolute Gasteiger partial charge is 0.344 e. The van der Waals surface area contributed by atoms with E-state index in [1.807, 2.05) is 30.4 Å². The highest BCUT2D eigenvalue weighted by Crippen LogP contribution is 2.38. The second-order valence-corrected chi connectivity index (χ2v) is 11.3. The zero-order valence-electron chi connectivity index (χ0n) is 25.3. The zero-order chi connectivity index (χ0) is 31.6. The summed E-state index contributed by atoms with van der Waals surface area (Å²) in [7, 11) is 0. The minimum absolute atomic E-state index is 0.0525. The standard InChI is InChI=1S/C35H46O9/c36-24-27-12-8-13-29(22-27)44-25-35(41)43-21-9-20-42-34(40)15-7-2-1-6-14-30-31(33(39)23-32(30)38)19-18-28(37)17-16-26-10-4-3-5-11-26/h1,3-6,8,10-13,22,24,28,30-33,37-39H,2,7,9,14-21,23,25H2/t28?,30-,31-,32+,33-/m1/s1. The van der Waals surface area contributed by atoms with Crippen molar-refractivity contribution in [1.82, 2.24) is 0 Å². The van der Waals surface area contributed by atoms with E-state index in [1.54, 1.807) is 18.2 Å². The largest absolute Gasteiger partial charge is 0.482 e. The van der Waals surface area contributed by atoms with Gasteiger partial charge in [-0.1, -0.05) is 54.6 Å². The van der Waals surface area contributed by atoms with Gasteiger partial charge in [-0.3, -0.25) is 9.59 Å². The summed E-state index contributed by atoms with van der Waals surface area (Å²) in [5.74, 6) is -0.577. The summed E-state index contributed by atoms with van der Waals surface area (Å²) >= 11 is 0. The Morgan fingerprint density at radius 2 is 1.64 bits per heavy atom. The summed E-state index contributed by atoms with van der Waals surface area (Å²) in [6, 6.07) is 16.5. The Kier molecular flexibility index (Phi) is 15.6. The zero-order valence-corrected chi connectivity index (χ0v) is 25.3. The molecule has 2 aromatic carbocycles. The van der Waals surface area contributed by atoms with Gasteiger partial charge in [0.25, 0.3) is 0 Å². The molecule has 1 aliphatic rings. The summed E-state index contributed by atoms with van der Waals surface area (Å²) in [5, 5.41) is 31.5. The van der Waals surface area contributed by atoms with E-state index in [4.69, 9.17) is 14.2 Å². The summed E-state index contributed by atoms with van der Waals surface area (Å²) in [6.07, 6.45) is 8.83. The molecule has 0 amide bonds. The number of aliphatic hydroxyl groups excluding tert-OH is 3. The number of carbonyl (C=O) groups is 3. The first-order chi connectivity index (χ1) is 21.4. The van der Waals surface area contributed by atoms with Crippen LogP contribution < -0.4 is 4.74 Å². The van der Waals surface area contributed by atoms with Gasteiger partial charge in [0, 0.05) is 18.4 Å².